The monoisotopic (exact) mass is 694 g/mol. The standard InChI is InChI=1S/C33H26O17/c1-47-8-2-13(37)19-16(3-8)49-31-14(38)5-10(24(40)20(31)27(19)43)18-26(42)22(33-30(46)29(45)25(41)17(7-34)50-33)28(44)21-23(39)9-4-11(35)12(36)6-15(9)48-32(18)21/h2-6,17,25,29-30,33-38,40-42,44-46H,7H2,1H3/t17-,25+,29-,30-,33-/m1/s1. The molecule has 0 spiro atoms. The predicted octanol–water partition coefficient (Wildman–Crippen LogP) is 1.34. The molecule has 0 bridgehead atoms. The van der Waals surface area contributed by atoms with Gasteiger partial charge >= 0.3 is 0 Å². The van der Waals surface area contributed by atoms with Gasteiger partial charge in [-0.1, -0.05) is 0 Å². The Morgan fingerprint density at radius 1 is 0.660 bits per heavy atom. The maximum atomic E-state index is 13.9. The molecule has 0 aliphatic carbocycles. The average molecular weight is 695 g/mol. The van der Waals surface area contributed by atoms with E-state index in [4.69, 9.17) is 18.3 Å². The van der Waals surface area contributed by atoms with E-state index < -0.39 is 143 Å². The van der Waals surface area contributed by atoms with Gasteiger partial charge in [0.25, 0.3) is 0 Å². The Hall–Kier alpha value is -5.98. The van der Waals surface area contributed by atoms with Crippen molar-refractivity contribution in [1.82, 2.24) is 0 Å². The summed E-state index contributed by atoms with van der Waals surface area (Å²) in [6.07, 6.45) is -9.58. The zero-order valence-electron chi connectivity index (χ0n) is 25.3. The lowest BCUT2D eigenvalue weighted by Crippen LogP contribution is -2.55. The van der Waals surface area contributed by atoms with Crippen molar-refractivity contribution in [2.75, 3.05) is 13.7 Å². The van der Waals surface area contributed by atoms with Gasteiger partial charge in [0.2, 0.25) is 10.9 Å². The topological polar surface area (TPSA) is 301 Å². The van der Waals surface area contributed by atoms with Crippen LogP contribution in [0, 0.1) is 0 Å². The van der Waals surface area contributed by atoms with E-state index in [9.17, 15) is 65.8 Å². The molecule has 0 radical (unpaired) electrons. The fourth-order valence-electron chi connectivity index (χ4n) is 6.34. The lowest BCUT2D eigenvalue weighted by molar-refractivity contribution is -0.232. The first kappa shape index (κ1) is 32.6. The van der Waals surface area contributed by atoms with Gasteiger partial charge in [-0.2, -0.15) is 0 Å². The second-order valence-corrected chi connectivity index (χ2v) is 11.7. The lowest BCUT2D eigenvalue weighted by Gasteiger charge is -2.40. The molecule has 17 nitrogen and oxygen atoms in total. The Balaban J connectivity index is 1.65. The van der Waals surface area contributed by atoms with E-state index in [1.165, 1.54) is 13.2 Å². The smallest absolute Gasteiger partial charge is 0.208 e. The molecule has 1 aliphatic rings. The number of hydrogen-bond donors (Lipinski definition) is 11. The van der Waals surface area contributed by atoms with Gasteiger partial charge in [0.05, 0.1) is 30.2 Å². The van der Waals surface area contributed by atoms with Gasteiger partial charge in [0.1, 0.15) is 86.6 Å². The third-order valence-corrected chi connectivity index (χ3v) is 8.83. The van der Waals surface area contributed by atoms with Crippen LogP contribution in [0.25, 0.3) is 55.0 Å². The van der Waals surface area contributed by atoms with E-state index in [0.717, 1.165) is 24.3 Å². The molecule has 5 atom stereocenters. The van der Waals surface area contributed by atoms with E-state index in [1.807, 2.05) is 0 Å². The molecular formula is C33H26O17. The van der Waals surface area contributed by atoms with Gasteiger partial charge in [0, 0.05) is 23.8 Å². The van der Waals surface area contributed by atoms with Gasteiger partial charge in [-0.15, -0.1) is 0 Å². The number of hydrogen-bond acceptors (Lipinski definition) is 17. The van der Waals surface area contributed by atoms with Crippen LogP contribution in [0.15, 0.2) is 48.8 Å². The highest BCUT2D eigenvalue weighted by Gasteiger charge is 2.47. The Kier molecular flexibility index (Phi) is 7.35. The minimum Gasteiger partial charge on any atom is -0.507 e. The van der Waals surface area contributed by atoms with Crippen molar-refractivity contribution < 1.29 is 74.5 Å². The van der Waals surface area contributed by atoms with Gasteiger partial charge in [-0.25, -0.2) is 0 Å². The zero-order chi connectivity index (χ0) is 36.1. The number of aliphatic hydroxyl groups is 4. The fraction of sp³-hybridized carbons (Fsp3) is 0.212. The molecule has 11 N–H and O–H groups in total. The van der Waals surface area contributed by atoms with Crippen molar-refractivity contribution in [2.24, 2.45) is 0 Å². The Bertz CT molecular complexity index is 2530. The van der Waals surface area contributed by atoms with Crippen molar-refractivity contribution >= 4 is 43.9 Å². The third-order valence-electron chi connectivity index (χ3n) is 8.83. The minimum atomic E-state index is -2.12. The Morgan fingerprint density at radius 3 is 2.00 bits per heavy atom. The number of phenols is 7. The van der Waals surface area contributed by atoms with Gasteiger partial charge in [-0.3, -0.25) is 9.59 Å². The van der Waals surface area contributed by atoms with Crippen molar-refractivity contribution in [3.05, 3.63) is 56.3 Å². The van der Waals surface area contributed by atoms with Crippen LogP contribution in [0.4, 0.5) is 0 Å². The van der Waals surface area contributed by atoms with Crippen LogP contribution < -0.4 is 15.6 Å². The van der Waals surface area contributed by atoms with E-state index in [2.05, 4.69) is 0 Å². The fourth-order valence-corrected chi connectivity index (χ4v) is 6.34. The number of fused-ring (bicyclic) bond motifs is 4. The SMILES string of the molecule is COc1cc(O)c2c(=O)c3c(O)c(-c4c(O)c([C@H]5O[C@H](CO)[C@H](O)[C@@H](O)[C@H]5O)c(O)c5c(=O)c6cc(O)c(O)cc6oc45)cc(O)c3oc2c1. The first-order valence-corrected chi connectivity index (χ1v) is 14.6. The molecular weight excluding hydrogens is 668 g/mol. The third kappa shape index (κ3) is 4.45. The van der Waals surface area contributed by atoms with Crippen LogP contribution in [0.1, 0.15) is 11.7 Å². The summed E-state index contributed by atoms with van der Waals surface area (Å²) in [7, 11) is 1.29. The summed E-state index contributed by atoms with van der Waals surface area (Å²) in [5.41, 5.74) is -6.32. The molecule has 0 unspecified atom stereocenters. The van der Waals surface area contributed by atoms with Crippen LogP contribution in [0.2, 0.25) is 0 Å². The molecule has 50 heavy (non-hydrogen) atoms. The number of phenolic OH excluding ortho intramolecular Hbond substituents is 7. The largest absolute Gasteiger partial charge is 0.507 e. The summed E-state index contributed by atoms with van der Waals surface area (Å²) in [5, 5.41) is 116. The van der Waals surface area contributed by atoms with E-state index in [1.54, 1.807) is 0 Å². The van der Waals surface area contributed by atoms with Gasteiger partial charge in [-0.05, 0) is 12.1 Å². The summed E-state index contributed by atoms with van der Waals surface area (Å²) in [6.45, 7) is -0.916. The molecule has 1 saturated heterocycles. The van der Waals surface area contributed by atoms with Crippen LogP contribution in [0.5, 0.6) is 46.0 Å². The molecule has 17 heteroatoms. The number of benzene rings is 4. The van der Waals surface area contributed by atoms with Gasteiger partial charge < -0.3 is 74.5 Å². The second kappa shape index (κ2) is 11.3. The van der Waals surface area contributed by atoms with Crippen LogP contribution in [-0.4, -0.2) is 94.3 Å². The minimum absolute atomic E-state index is 0.0839. The zero-order valence-corrected chi connectivity index (χ0v) is 25.3. The number of aromatic hydroxyl groups is 7. The number of rotatable bonds is 4. The molecule has 7 rings (SSSR count). The average Bonchev–Trinajstić information content (AvgIpc) is 3.07. The quantitative estimate of drug-likeness (QED) is 0.0704. The van der Waals surface area contributed by atoms with Crippen molar-refractivity contribution in [3.8, 4) is 57.1 Å². The Morgan fingerprint density at radius 2 is 1.32 bits per heavy atom. The van der Waals surface area contributed by atoms with Crippen LogP contribution in [-0.2, 0) is 4.74 Å². The first-order chi connectivity index (χ1) is 23.7. The summed E-state index contributed by atoms with van der Waals surface area (Å²) in [4.78, 5) is 27.7. The van der Waals surface area contributed by atoms with E-state index in [-0.39, 0.29) is 11.3 Å². The molecule has 0 saturated carbocycles. The molecule has 0 amide bonds. The van der Waals surface area contributed by atoms with Crippen LogP contribution in [0.3, 0.4) is 0 Å². The summed E-state index contributed by atoms with van der Waals surface area (Å²) in [5.74, 6) is -6.09. The molecule has 260 valence electrons. The van der Waals surface area contributed by atoms with Gasteiger partial charge in [0.15, 0.2) is 28.4 Å². The molecule has 1 fully saturated rings. The molecule has 2 aromatic heterocycles. The second-order valence-electron chi connectivity index (χ2n) is 11.7. The lowest BCUT2D eigenvalue weighted by atomic mass is 9.86. The number of methoxy groups -OCH3 is 1. The Labute approximate surface area is 276 Å². The summed E-state index contributed by atoms with van der Waals surface area (Å²) in [6, 6.07) is 4.77. The van der Waals surface area contributed by atoms with Crippen molar-refractivity contribution in [2.45, 2.75) is 30.5 Å². The highest BCUT2D eigenvalue weighted by molar-refractivity contribution is 6.09. The van der Waals surface area contributed by atoms with Crippen molar-refractivity contribution in [1.29, 1.82) is 0 Å². The molecule has 4 aromatic carbocycles. The molecule has 6 aromatic rings. The molecule has 1 aliphatic heterocycles. The predicted molar refractivity (Wildman–Crippen MR) is 170 cm³/mol. The highest BCUT2D eigenvalue weighted by atomic mass is 16.5. The normalized spacial score (nSPS) is 21.0. The van der Waals surface area contributed by atoms with E-state index >= 15 is 0 Å². The maximum absolute atomic E-state index is 13.9. The number of ether oxygens (including phenoxy) is 2. The summed E-state index contributed by atoms with van der Waals surface area (Å²) < 4.78 is 22.1. The molecule has 3 heterocycles. The van der Waals surface area contributed by atoms with Crippen molar-refractivity contribution in [3.63, 3.8) is 0 Å². The summed E-state index contributed by atoms with van der Waals surface area (Å²) >= 11 is 0. The van der Waals surface area contributed by atoms with Crippen LogP contribution >= 0.6 is 0 Å². The highest BCUT2D eigenvalue weighted by Crippen LogP contribution is 2.53. The number of aliphatic hydroxyl groups excluding tert-OH is 4. The van der Waals surface area contributed by atoms with E-state index in [0.29, 0.717) is 0 Å². The first-order valence-electron chi connectivity index (χ1n) is 14.6. The maximum Gasteiger partial charge on any atom is 0.208 e.